The standard InChI is InChI=1S/C19H18BrN3O2S/c1-13(26-12-14-6-3-2-4-7-14)19(24)21-11-17-22-18(23-25-17)15-8-5-9-16(20)10-15/h2-10,13H,11-12H2,1H3,(H,21,24). The number of hydrogen-bond acceptors (Lipinski definition) is 5. The van der Waals surface area contributed by atoms with Crippen LogP contribution in [-0.2, 0) is 17.1 Å². The average molecular weight is 432 g/mol. The van der Waals surface area contributed by atoms with E-state index < -0.39 is 0 Å². The average Bonchev–Trinajstić information content (AvgIpc) is 3.14. The van der Waals surface area contributed by atoms with E-state index in [1.54, 1.807) is 11.8 Å². The summed E-state index contributed by atoms with van der Waals surface area (Å²) in [7, 11) is 0. The summed E-state index contributed by atoms with van der Waals surface area (Å²) in [5.74, 6) is 1.63. The molecule has 0 radical (unpaired) electrons. The summed E-state index contributed by atoms with van der Waals surface area (Å²) >= 11 is 5.01. The molecule has 1 N–H and O–H groups in total. The molecule has 1 amide bonds. The summed E-state index contributed by atoms with van der Waals surface area (Å²) in [4.78, 5) is 16.6. The van der Waals surface area contributed by atoms with Gasteiger partial charge in [-0.3, -0.25) is 4.79 Å². The first-order valence-electron chi connectivity index (χ1n) is 8.13. The Balaban J connectivity index is 1.50. The lowest BCUT2D eigenvalue weighted by Crippen LogP contribution is -2.30. The highest BCUT2D eigenvalue weighted by atomic mass is 79.9. The second-order valence-corrected chi connectivity index (χ2v) is 7.92. The zero-order valence-corrected chi connectivity index (χ0v) is 16.6. The lowest BCUT2D eigenvalue weighted by molar-refractivity contribution is -0.120. The van der Waals surface area contributed by atoms with Crippen molar-refractivity contribution in [1.82, 2.24) is 15.5 Å². The van der Waals surface area contributed by atoms with Crippen molar-refractivity contribution in [2.45, 2.75) is 24.5 Å². The first kappa shape index (κ1) is 18.7. The normalized spacial score (nSPS) is 11.9. The summed E-state index contributed by atoms with van der Waals surface area (Å²) in [5, 5.41) is 6.64. The van der Waals surface area contributed by atoms with Crippen molar-refractivity contribution < 1.29 is 9.32 Å². The molecule has 134 valence electrons. The Morgan fingerprint density at radius 1 is 1.23 bits per heavy atom. The molecule has 0 aliphatic heterocycles. The van der Waals surface area contributed by atoms with Crippen molar-refractivity contribution in [2.75, 3.05) is 0 Å². The number of aromatic nitrogens is 2. The molecule has 0 bridgehead atoms. The number of nitrogens with zero attached hydrogens (tertiary/aromatic N) is 2. The van der Waals surface area contributed by atoms with E-state index in [2.05, 4.69) is 43.5 Å². The van der Waals surface area contributed by atoms with Gasteiger partial charge in [0.25, 0.3) is 0 Å². The van der Waals surface area contributed by atoms with Crippen LogP contribution in [0.3, 0.4) is 0 Å². The number of benzene rings is 2. The molecule has 0 aliphatic carbocycles. The van der Waals surface area contributed by atoms with E-state index >= 15 is 0 Å². The molecule has 0 spiro atoms. The Kier molecular flexibility index (Phi) is 6.46. The maximum absolute atomic E-state index is 12.2. The monoisotopic (exact) mass is 431 g/mol. The fraction of sp³-hybridized carbons (Fsp3) is 0.211. The molecule has 1 unspecified atom stereocenters. The second kappa shape index (κ2) is 9.00. The molecular weight excluding hydrogens is 414 g/mol. The van der Waals surface area contributed by atoms with Gasteiger partial charge >= 0.3 is 0 Å². The third-order valence-corrected chi connectivity index (χ3v) is 5.38. The second-order valence-electron chi connectivity index (χ2n) is 5.68. The lowest BCUT2D eigenvalue weighted by atomic mass is 10.2. The minimum atomic E-state index is -0.164. The van der Waals surface area contributed by atoms with E-state index in [1.807, 2.05) is 49.4 Å². The molecular formula is C19H18BrN3O2S. The van der Waals surface area contributed by atoms with Crippen LogP contribution in [0.2, 0.25) is 0 Å². The van der Waals surface area contributed by atoms with Gasteiger partial charge in [0.2, 0.25) is 17.6 Å². The van der Waals surface area contributed by atoms with Gasteiger partial charge < -0.3 is 9.84 Å². The van der Waals surface area contributed by atoms with Crippen LogP contribution < -0.4 is 5.32 Å². The van der Waals surface area contributed by atoms with E-state index in [0.29, 0.717) is 11.7 Å². The third kappa shape index (κ3) is 5.19. The third-order valence-electron chi connectivity index (χ3n) is 3.68. The minimum Gasteiger partial charge on any atom is -0.346 e. The molecule has 0 aliphatic rings. The van der Waals surface area contributed by atoms with Crippen LogP contribution in [0.4, 0.5) is 0 Å². The van der Waals surface area contributed by atoms with Gasteiger partial charge in [0.15, 0.2) is 0 Å². The molecule has 2 aromatic carbocycles. The summed E-state index contributed by atoms with van der Waals surface area (Å²) in [6.07, 6.45) is 0. The van der Waals surface area contributed by atoms with Gasteiger partial charge in [0.1, 0.15) is 0 Å². The molecule has 3 rings (SSSR count). The van der Waals surface area contributed by atoms with Crippen LogP contribution in [0.1, 0.15) is 18.4 Å². The first-order valence-corrected chi connectivity index (χ1v) is 9.98. The van der Waals surface area contributed by atoms with Gasteiger partial charge in [-0.1, -0.05) is 63.6 Å². The van der Waals surface area contributed by atoms with Gasteiger partial charge in [-0.05, 0) is 24.6 Å². The van der Waals surface area contributed by atoms with Crippen molar-refractivity contribution in [3.05, 3.63) is 70.5 Å². The van der Waals surface area contributed by atoms with Crippen molar-refractivity contribution in [3.63, 3.8) is 0 Å². The number of amides is 1. The summed E-state index contributed by atoms with van der Waals surface area (Å²) in [6.45, 7) is 2.11. The van der Waals surface area contributed by atoms with Crippen LogP contribution >= 0.6 is 27.7 Å². The molecule has 1 heterocycles. The van der Waals surface area contributed by atoms with Crippen LogP contribution in [0, 0.1) is 0 Å². The molecule has 3 aromatic rings. The molecule has 7 heteroatoms. The minimum absolute atomic E-state index is 0.0480. The van der Waals surface area contributed by atoms with E-state index in [1.165, 1.54) is 5.56 Å². The topological polar surface area (TPSA) is 68.0 Å². The molecule has 1 aromatic heterocycles. The zero-order valence-electron chi connectivity index (χ0n) is 14.2. The predicted octanol–water partition coefficient (Wildman–Crippen LogP) is 4.44. The summed E-state index contributed by atoms with van der Waals surface area (Å²) in [6, 6.07) is 17.7. The van der Waals surface area contributed by atoms with Crippen LogP contribution in [0.5, 0.6) is 0 Å². The summed E-state index contributed by atoms with van der Waals surface area (Å²) in [5.41, 5.74) is 2.06. The van der Waals surface area contributed by atoms with Crippen molar-refractivity contribution in [2.24, 2.45) is 0 Å². The molecule has 1 atom stereocenters. The zero-order chi connectivity index (χ0) is 18.4. The van der Waals surface area contributed by atoms with Gasteiger partial charge in [0, 0.05) is 15.8 Å². The van der Waals surface area contributed by atoms with Crippen molar-refractivity contribution >= 4 is 33.6 Å². The van der Waals surface area contributed by atoms with E-state index in [-0.39, 0.29) is 17.7 Å². The molecule has 26 heavy (non-hydrogen) atoms. The van der Waals surface area contributed by atoms with Gasteiger partial charge in [-0.15, -0.1) is 11.8 Å². The molecule has 0 fully saturated rings. The highest BCUT2D eigenvalue weighted by Crippen LogP contribution is 2.20. The fourth-order valence-corrected chi connectivity index (χ4v) is 3.52. The highest BCUT2D eigenvalue weighted by Gasteiger charge is 2.15. The van der Waals surface area contributed by atoms with Crippen molar-refractivity contribution in [1.29, 1.82) is 0 Å². The first-order chi connectivity index (χ1) is 12.6. The Hall–Kier alpha value is -2.12. The Morgan fingerprint density at radius 2 is 2.04 bits per heavy atom. The summed E-state index contributed by atoms with van der Waals surface area (Å²) < 4.78 is 6.16. The van der Waals surface area contributed by atoms with E-state index in [9.17, 15) is 4.79 Å². The SMILES string of the molecule is CC(SCc1ccccc1)C(=O)NCc1nc(-c2cccc(Br)c2)no1. The largest absolute Gasteiger partial charge is 0.346 e. The number of rotatable bonds is 7. The fourth-order valence-electron chi connectivity index (χ4n) is 2.25. The number of carbonyl (C=O) groups excluding carboxylic acids is 1. The number of hydrogen-bond donors (Lipinski definition) is 1. The number of carbonyl (C=O) groups is 1. The molecule has 5 nitrogen and oxygen atoms in total. The van der Waals surface area contributed by atoms with Crippen LogP contribution in [0.25, 0.3) is 11.4 Å². The molecule has 0 saturated heterocycles. The van der Waals surface area contributed by atoms with Gasteiger partial charge in [-0.25, -0.2) is 0 Å². The van der Waals surface area contributed by atoms with Gasteiger partial charge in [-0.2, -0.15) is 4.98 Å². The van der Waals surface area contributed by atoms with E-state index in [0.717, 1.165) is 15.8 Å². The Bertz CT molecular complexity index is 870. The van der Waals surface area contributed by atoms with Crippen LogP contribution in [0.15, 0.2) is 63.6 Å². The van der Waals surface area contributed by atoms with E-state index in [4.69, 9.17) is 4.52 Å². The van der Waals surface area contributed by atoms with Gasteiger partial charge in [0.05, 0.1) is 11.8 Å². The highest BCUT2D eigenvalue weighted by molar-refractivity contribution is 9.10. The quantitative estimate of drug-likeness (QED) is 0.598. The van der Waals surface area contributed by atoms with Crippen molar-refractivity contribution in [3.8, 4) is 11.4 Å². The Labute approximate surface area is 164 Å². The Morgan fingerprint density at radius 3 is 2.81 bits per heavy atom. The van der Waals surface area contributed by atoms with Crippen LogP contribution in [-0.4, -0.2) is 21.3 Å². The number of halogens is 1. The predicted molar refractivity (Wildman–Crippen MR) is 106 cm³/mol. The molecule has 0 saturated carbocycles. The maximum atomic E-state index is 12.2. The smallest absolute Gasteiger partial charge is 0.246 e. The number of nitrogens with one attached hydrogen (secondary N) is 1. The number of thioether (sulfide) groups is 1. The maximum Gasteiger partial charge on any atom is 0.246 e. The lowest BCUT2D eigenvalue weighted by Gasteiger charge is -2.10.